The summed E-state index contributed by atoms with van der Waals surface area (Å²) < 4.78 is 9.61. The predicted molar refractivity (Wildman–Crippen MR) is 100 cm³/mol. The highest BCUT2D eigenvalue weighted by Gasteiger charge is 2.15. The second-order valence-electron chi connectivity index (χ2n) is 5.28. The molecule has 136 valence electrons. The van der Waals surface area contributed by atoms with Crippen LogP contribution >= 0.6 is 11.3 Å². The lowest BCUT2D eigenvalue weighted by atomic mass is 10.1. The maximum absolute atomic E-state index is 12.0. The van der Waals surface area contributed by atoms with Crippen LogP contribution < -0.4 is 5.32 Å². The highest BCUT2D eigenvalue weighted by Crippen LogP contribution is 2.27. The Labute approximate surface area is 155 Å². The van der Waals surface area contributed by atoms with Crippen LogP contribution in [0, 0.1) is 6.92 Å². The molecule has 6 nitrogen and oxygen atoms in total. The van der Waals surface area contributed by atoms with Gasteiger partial charge in [-0.05, 0) is 49.2 Å². The summed E-state index contributed by atoms with van der Waals surface area (Å²) in [4.78, 5) is 35.7. The molecular weight excluding hydrogens is 354 g/mol. The summed E-state index contributed by atoms with van der Waals surface area (Å²) in [5, 5.41) is 3.29. The van der Waals surface area contributed by atoms with Gasteiger partial charge in [-0.1, -0.05) is 12.1 Å². The van der Waals surface area contributed by atoms with Crippen molar-refractivity contribution in [1.82, 2.24) is 0 Å². The van der Waals surface area contributed by atoms with E-state index in [4.69, 9.17) is 4.74 Å². The summed E-state index contributed by atoms with van der Waals surface area (Å²) in [5.41, 5.74) is 1.96. The van der Waals surface area contributed by atoms with E-state index in [9.17, 15) is 14.4 Å². The Balaban J connectivity index is 2.00. The molecular formula is C19H19NO5S. The van der Waals surface area contributed by atoms with Crippen molar-refractivity contribution in [3.8, 4) is 0 Å². The van der Waals surface area contributed by atoms with Gasteiger partial charge in [0.2, 0.25) is 5.91 Å². The molecule has 0 saturated carbocycles. The Kier molecular flexibility index (Phi) is 6.68. The van der Waals surface area contributed by atoms with Crippen molar-refractivity contribution in [3.05, 3.63) is 58.0 Å². The van der Waals surface area contributed by atoms with E-state index in [1.54, 1.807) is 50.3 Å². The minimum atomic E-state index is -0.413. The molecule has 0 atom stereocenters. The average Bonchev–Trinajstić information content (AvgIpc) is 3.00. The van der Waals surface area contributed by atoms with Gasteiger partial charge in [-0.3, -0.25) is 4.79 Å². The SMILES string of the molecule is CCOC(=O)c1sc(NC(=O)/C=C/c2ccc(C(=O)OC)cc2)cc1C. The zero-order chi connectivity index (χ0) is 19.1. The Morgan fingerprint density at radius 3 is 2.46 bits per heavy atom. The number of esters is 2. The lowest BCUT2D eigenvalue weighted by Crippen LogP contribution is -2.06. The molecule has 0 unspecified atom stereocenters. The standard InChI is InChI=1S/C19H19NO5S/c1-4-25-19(23)17-12(2)11-16(26-17)20-15(21)10-7-13-5-8-14(9-6-13)18(22)24-3/h5-11H,4H2,1-3H3,(H,20,21)/b10-7+. The van der Waals surface area contributed by atoms with Crippen molar-refractivity contribution >= 4 is 40.3 Å². The smallest absolute Gasteiger partial charge is 0.348 e. The number of thiophene rings is 1. The van der Waals surface area contributed by atoms with Crippen LogP contribution in [0.1, 0.15) is 38.1 Å². The zero-order valence-corrected chi connectivity index (χ0v) is 15.5. The number of rotatable bonds is 6. The highest BCUT2D eigenvalue weighted by atomic mass is 32.1. The molecule has 1 aromatic carbocycles. The third kappa shape index (κ3) is 5.03. The molecule has 1 N–H and O–H groups in total. The lowest BCUT2D eigenvalue weighted by molar-refractivity contribution is -0.111. The molecule has 2 rings (SSSR count). The monoisotopic (exact) mass is 373 g/mol. The fourth-order valence-corrected chi connectivity index (χ4v) is 3.10. The fraction of sp³-hybridized carbons (Fsp3) is 0.211. The molecule has 0 aliphatic carbocycles. The van der Waals surface area contributed by atoms with Gasteiger partial charge in [-0.2, -0.15) is 0 Å². The fourth-order valence-electron chi connectivity index (χ4n) is 2.13. The molecule has 26 heavy (non-hydrogen) atoms. The molecule has 0 fully saturated rings. The zero-order valence-electron chi connectivity index (χ0n) is 14.7. The molecule has 7 heteroatoms. The first-order chi connectivity index (χ1) is 12.4. The molecule has 0 bridgehead atoms. The van der Waals surface area contributed by atoms with Gasteiger partial charge in [0.25, 0.3) is 0 Å². The van der Waals surface area contributed by atoms with E-state index in [1.807, 2.05) is 0 Å². The molecule has 0 aliphatic heterocycles. The first-order valence-electron chi connectivity index (χ1n) is 7.89. The molecule has 0 aliphatic rings. The van der Waals surface area contributed by atoms with Crippen molar-refractivity contribution in [1.29, 1.82) is 0 Å². The van der Waals surface area contributed by atoms with E-state index in [2.05, 4.69) is 10.1 Å². The maximum atomic E-state index is 12.0. The van der Waals surface area contributed by atoms with E-state index < -0.39 is 11.9 Å². The number of hydrogen-bond acceptors (Lipinski definition) is 6. The van der Waals surface area contributed by atoms with Crippen LogP contribution in [0.4, 0.5) is 5.00 Å². The predicted octanol–water partition coefficient (Wildman–Crippen LogP) is 3.67. The summed E-state index contributed by atoms with van der Waals surface area (Å²) in [6, 6.07) is 8.40. The Morgan fingerprint density at radius 1 is 1.15 bits per heavy atom. The quantitative estimate of drug-likeness (QED) is 0.617. The van der Waals surface area contributed by atoms with E-state index in [0.29, 0.717) is 22.0 Å². The van der Waals surface area contributed by atoms with Gasteiger partial charge in [0, 0.05) is 6.08 Å². The molecule has 1 heterocycles. The third-order valence-corrected chi connectivity index (χ3v) is 4.52. The van der Waals surface area contributed by atoms with Crippen LogP contribution in [0.2, 0.25) is 0 Å². The summed E-state index contributed by atoms with van der Waals surface area (Å²) in [5.74, 6) is -1.13. The van der Waals surface area contributed by atoms with Gasteiger partial charge in [-0.15, -0.1) is 11.3 Å². The third-order valence-electron chi connectivity index (χ3n) is 3.38. The molecule has 1 amide bonds. The number of ether oxygens (including phenoxy) is 2. The van der Waals surface area contributed by atoms with Crippen LogP contribution in [0.15, 0.2) is 36.4 Å². The average molecular weight is 373 g/mol. The van der Waals surface area contributed by atoms with E-state index in [0.717, 1.165) is 11.1 Å². The van der Waals surface area contributed by atoms with Crippen molar-refractivity contribution in [2.24, 2.45) is 0 Å². The topological polar surface area (TPSA) is 81.7 Å². The van der Waals surface area contributed by atoms with Crippen molar-refractivity contribution < 1.29 is 23.9 Å². The number of nitrogens with one attached hydrogen (secondary N) is 1. The van der Waals surface area contributed by atoms with Crippen molar-refractivity contribution in [2.75, 3.05) is 19.0 Å². The summed E-state index contributed by atoms with van der Waals surface area (Å²) in [6.07, 6.45) is 3.01. The second kappa shape index (κ2) is 8.96. The van der Waals surface area contributed by atoms with Crippen molar-refractivity contribution in [3.63, 3.8) is 0 Å². The largest absolute Gasteiger partial charge is 0.465 e. The van der Waals surface area contributed by atoms with Crippen LogP contribution in [0.25, 0.3) is 6.08 Å². The van der Waals surface area contributed by atoms with Crippen LogP contribution in [0.3, 0.4) is 0 Å². The van der Waals surface area contributed by atoms with E-state index in [-0.39, 0.29) is 5.91 Å². The molecule has 0 saturated heterocycles. The summed E-state index contributed by atoms with van der Waals surface area (Å²) in [7, 11) is 1.32. The lowest BCUT2D eigenvalue weighted by Gasteiger charge is -2.00. The second-order valence-corrected chi connectivity index (χ2v) is 6.33. The van der Waals surface area contributed by atoms with E-state index in [1.165, 1.54) is 24.5 Å². The number of aryl methyl sites for hydroxylation is 1. The number of carbonyl (C=O) groups excluding carboxylic acids is 3. The van der Waals surface area contributed by atoms with E-state index >= 15 is 0 Å². The van der Waals surface area contributed by atoms with Gasteiger partial charge in [0.15, 0.2) is 0 Å². The van der Waals surface area contributed by atoms with Crippen LogP contribution in [0.5, 0.6) is 0 Å². The number of amides is 1. The van der Waals surface area contributed by atoms with Crippen molar-refractivity contribution in [2.45, 2.75) is 13.8 Å². The summed E-state index contributed by atoms with van der Waals surface area (Å²) in [6.45, 7) is 3.83. The first-order valence-corrected chi connectivity index (χ1v) is 8.71. The highest BCUT2D eigenvalue weighted by molar-refractivity contribution is 7.18. The number of carbonyl (C=O) groups is 3. The minimum absolute atomic E-state index is 0.301. The first kappa shape index (κ1) is 19.4. The molecule has 1 aromatic heterocycles. The molecule has 0 radical (unpaired) electrons. The Morgan fingerprint density at radius 2 is 1.85 bits per heavy atom. The number of benzene rings is 1. The number of methoxy groups -OCH3 is 1. The van der Waals surface area contributed by atoms with Crippen LogP contribution in [-0.4, -0.2) is 31.6 Å². The molecule has 0 spiro atoms. The molecule has 2 aromatic rings. The van der Waals surface area contributed by atoms with Gasteiger partial charge >= 0.3 is 11.9 Å². The maximum Gasteiger partial charge on any atom is 0.348 e. The normalized spacial score (nSPS) is 10.6. The van der Waals surface area contributed by atoms with Gasteiger partial charge in [-0.25, -0.2) is 9.59 Å². The number of hydrogen-bond donors (Lipinski definition) is 1. The van der Waals surface area contributed by atoms with Gasteiger partial charge < -0.3 is 14.8 Å². The van der Waals surface area contributed by atoms with Crippen LogP contribution in [-0.2, 0) is 14.3 Å². The van der Waals surface area contributed by atoms with Gasteiger partial charge in [0.05, 0.1) is 24.3 Å². The Bertz CT molecular complexity index is 836. The summed E-state index contributed by atoms with van der Waals surface area (Å²) >= 11 is 1.17. The Hall–Kier alpha value is -2.93. The van der Waals surface area contributed by atoms with Gasteiger partial charge in [0.1, 0.15) is 4.88 Å². The minimum Gasteiger partial charge on any atom is -0.465 e. The number of anilines is 1.